The summed E-state index contributed by atoms with van der Waals surface area (Å²) < 4.78 is 6.17. The Balaban J connectivity index is 1.26. The number of para-hydroxylation sites is 4. The van der Waals surface area contributed by atoms with Crippen LogP contribution in [0.3, 0.4) is 0 Å². The zero-order valence-corrected chi connectivity index (χ0v) is 31.0. The van der Waals surface area contributed by atoms with Crippen molar-refractivity contribution in [2.24, 2.45) is 11.3 Å². The highest BCUT2D eigenvalue weighted by Gasteiger charge is 2.83. The molecule has 3 amide bonds. The van der Waals surface area contributed by atoms with E-state index in [-0.39, 0.29) is 43.7 Å². The second-order valence-electron chi connectivity index (χ2n) is 15.7. The van der Waals surface area contributed by atoms with Crippen LogP contribution in [-0.2, 0) is 40.5 Å². The molecule has 0 aliphatic carbocycles. The minimum atomic E-state index is -1.99. The van der Waals surface area contributed by atoms with Gasteiger partial charge in [0.15, 0.2) is 5.78 Å². The molecule has 2 fully saturated rings. The number of hydrogen-bond acceptors (Lipinski definition) is 8. The van der Waals surface area contributed by atoms with Crippen LogP contribution in [-0.4, -0.2) is 79.5 Å². The molecule has 6 heterocycles. The number of ether oxygens (including phenoxy) is 1. The lowest BCUT2D eigenvalue weighted by atomic mass is 9.53. The van der Waals surface area contributed by atoms with Crippen molar-refractivity contribution in [3.8, 4) is 5.75 Å². The first-order chi connectivity index (χ1) is 27.1. The number of benzene rings is 4. The molecule has 11 heteroatoms. The number of amides is 3. The molecule has 6 aliphatic rings. The number of nitrogens with one attached hydrogen (secondary N) is 1. The maximum absolute atomic E-state index is 16.5. The van der Waals surface area contributed by atoms with Gasteiger partial charge in [0.25, 0.3) is 11.8 Å². The predicted octanol–water partition coefficient (Wildman–Crippen LogP) is 4.50. The van der Waals surface area contributed by atoms with E-state index in [9.17, 15) is 0 Å². The van der Waals surface area contributed by atoms with E-state index in [1.807, 2.05) is 70.5 Å². The topological polar surface area (TPSA) is 120 Å². The fourth-order valence-corrected chi connectivity index (χ4v) is 11.8. The Bertz CT molecular complexity index is 2500. The molecule has 11 nitrogen and oxygen atoms in total. The highest BCUT2D eigenvalue weighted by molar-refractivity contribution is 6.23. The lowest BCUT2D eigenvalue weighted by Gasteiger charge is -2.46. The van der Waals surface area contributed by atoms with E-state index in [0.717, 1.165) is 0 Å². The third-order valence-electron chi connectivity index (χ3n) is 13.6. The lowest BCUT2D eigenvalue weighted by molar-refractivity contribution is -0.158. The standard InChI is InChI=1S/C45H39N5O6/c1-5-23-49-33-20-12-9-17-29(33)44(39(49)53)36-27-15-7-14-22-35(27)56-41(55)42(36,26-48(44)4)37(51)31-25-47(3)45(43(31)28-16-8-11-19-32(28)46-38(43)52)30-18-10-13-21-34(30)50(24-6-2)40(45)54/h5-22,31,36H,1-2,23-26H2,3-4H3,(H,46,52)/t31-,36+,42+,43+,44-,45+/m0/s1. The van der Waals surface area contributed by atoms with E-state index in [1.54, 1.807) is 72.4 Å². The molecule has 6 aliphatic heterocycles. The van der Waals surface area contributed by atoms with Crippen molar-refractivity contribution in [2.75, 3.05) is 55.4 Å². The molecule has 2 saturated heterocycles. The Morgan fingerprint density at radius 1 is 0.768 bits per heavy atom. The first kappa shape index (κ1) is 34.3. The summed E-state index contributed by atoms with van der Waals surface area (Å²) in [7, 11) is 3.54. The van der Waals surface area contributed by atoms with Gasteiger partial charge in [-0.05, 0) is 43.9 Å². The number of likely N-dealkylation sites (tertiary alicyclic amines) is 2. The molecule has 3 spiro atoms. The van der Waals surface area contributed by atoms with Gasteiger partial charge in [0, 0.05) is 65.8 Å². The molecule has 6 atom stereocenters. The number of carbonyl (C=O) groups excluding carboxylic acids is 5. The second kappa shape index (κ2) is 11.4. The molecule has 0 unspecified atom stereocenters. The summed E-state index contributed by atoms with van der Waals surface area (Å²) in [5, 5.41) is 3.06. The average molecular weight is 746 g/mol. The molecular formula is C45H39N5O6. The molecule has 4 aromatic carbocycles. The predicted molar refractivity (Wildman–Crippen MR) is 209 cm³/mol. The van der Waals surface area contributed by atoms with Gasteiger partial charge in [-0.1, -0.05) is 84.9 Å². The number of anilines is 3. The molecule has 0 saturated carbocycles. The van der Waals surface area contributed by atoms with Crippen molar-refractivity contribution in [3.63, 3.8) is 0 Å². The third-order valence-corrected chi connectivity index (χ3v) is 13.6. The number of ketones is 1. The van der Waals surface area contributed by atoms with E-state index in [0.29, 0.717) is 39.3 Å². The highest BCUT2D eigenvalue weighted by Crippen LogP contribution is 2.70. The maximum Gasteiger partial charge on any atom is 0.327 e. The summed E-state index contributed by atoms with van der Waals surface area (Å²) in [5.41, 5.74) is -2.96. The largest absolute Gasteiger partial charge is 0.425 e. The first-order valence-electron chi connectivity index (χ1n) is 18.8. The fraction of sp³-hybridized carbons (Fsp3) is 0.267. The summed E-state index contributed by atoms with van der Waals surface area (Å²) in [6, 6.07) is 29.1. The number of likely N-dealkylation sites (N-methyl/N-ethyl adjacent to an activating group) is 2. The number of Topliss-reactive ketones (excluding diaryl/α,β-unsaturated/α-hetero) is 1. The van der Waals surface area contributed by atoms with E-state index < -0.39 is 51.4 Å². The number of carbonyl (C=O) groups is 5. The van der Waals surface area contributed by atoms with Crippen LogP contribution in [0.2, 0.25) is 0 Å². The van der Waals surface area contributed by atoms with Gasteiger partial charge in [-0.2, -0.15) is 0 Å². The second-order valence-corrected chi connectivity index (χ2v) is 15.7. The average Bonchev–Trinajstić information content (AvgIpc) is 3.91. The van der Waals surface area contributed by atoms with Crippen LogP contribution in [0.1, 0.15) is 28.2 Å². The van der Waals surface area contributed by atoms with Gasteiger partial charge in [0.1, 0.15) is 27.7 Å². The quantitative estimate of drug-likeness (QED) is 0.133. The minimum absolute atomic E-state index is 0.0458. The molecule has 1 N–H and O–H groups in total. The van der Waals surface area contributed by atoms with Crippen LogP contribution < -0.4 is 19.9 Å². The molecule has 4 aromatic rings. The van der Waals surface area contributed by atoms with Gasteiger partial charge in [-0.3, -0.25) is 33.8 Å². The summed E-state index contributed by atoms with van der Waals surface area (Å²) >= 11 is 0. The molecule has 10 rings (SSSR count). The maximum atomic E-state index is 16.5. The monoisotopic (exact) mass is 745 g/mol. The SMILES string of the molecule is C=CCN1C(=O)[C@]2(c3ccccc31)[C@@H]1c3ccccc3OC(=O)[C@]1(C(=O)[C@@H]1CN(C)[C@]3(C(=O)N(CC=C)c4ccccc43)[C@@]13C(=O)Nc1ccccc13)CN2C. The summed E-state index contributed by atoms with van der Waals surface area (Å²) in [5.74, 6) is -4.56. The zero-order chi connectivity index (χ0) is 38.9. The summed E-state index contributed by atoms with van der Waals surface area (Å²) in [6.07, 6.45) is 3.30. The van der Waals surface area contributed by atoms with Crippen LogP contribution in [0.15, 0.2) is 122 Å². The molecule has 280 valence electrons. The molecule has 0 aromatic heterocycles. The molecule has 56 heavy (non-hydrogen) atoms. The van der Waals surface area contributed by atoms with Crippen LogP contribution >= 0.6 is 0 Å². The van der Waals surface area contributed by atoms with Crippen LogP contribution in [0.5, 0.6) is 5.75 Å². The Morgan fingerprint density at radius 2 is 1.36 bits per heavy atom. The Kier molecular flexibility index (Phi) is 7.01. The van der Waals surface area contributed by atoms with Crippen LogP contribution in [0.4, 0.5) is 17.1 Å². The Labute approximate surface area is 323 Å². The Hall–Kier alpha value is -6.17. The number of nitrogens with zero attached hydrogens (tertiary/aromatic N) is 4. The molecule has 0 bridgehead atoms. The van der Waals surface area contributed by atoms with Gasteiger partial charge in [0.05, 0.1) is 5.92 Å². The normalized spacial score (nSPS) is 31.0. The summed E-state index contributed by atoms with van der Waals surface area (Å²) in [4.78, 5) is 84.7. The van der Waals surface area contributed by atoms with Crippen molar-refractivity contribution in [1.82, 2.24) is 9.80 Å². The highest BCUT2D eigenvalue weighted by atomic mass is 16.5. The van der Waals surface area contributed by atoms with E-state index in [1.165, 1.54) is 0 Å². The van der Waals surface area contributed by atoms with Gasteiger partial charge in [-0.25, -0.2) is 0 Å². The lowest BCUT2D eigenvalue weighted by Crippen LogP contribution is -2.65. The van der Waals surface area contributed by atoms with Gasteiger partial charge < -0.3 is 19.9 Å². The number of fused-ring (bicyclic) bond motifs is 11. The molecular weight excluding hydrogens is 707 g/mol. The first-order valence-corrected chi connectivity index (χ1v) is 18.8. The number of rotatable bonds is 6. The Morgan fingerprint density at radius 3 is 2.07 bits per heavy atom. The minimum Gasteiger partial charge on any atom is -0.425 e. The number of esters is 1. The van der Waals surface area contributed by atoms with E-state index in [4.69, 9.17) is 4.74 Å². The van der Waals surface area contributed by atoms with Crippen LogP contribution in [0, 0.1) is 11.3 Å². The van der Waals surface area contributed by atoms with Gasteiger partial charge in [0.2, 0.25) is 5.91 Å². The van der Waals surface area contributed by atoms with Crippen molar-refractivity contribution >= 4 is 46.5 Å². The van der Waals surface area contributed by atoms with Gasteiger partial charge in [-0.15, -0.1) is 13.2 Å². The summed E-state index contributed by atoms with van der Waals surface area (Å²) in [6.45, 7) is 8.01. The van der Waals surface area contributed by atoms with Crippen LogP contribution in [0.25, 0.3) is 0 Å². The zero-order valence-electron chi connectivity index (χ0n) is 31.0. The smallest absolute Gasteiger partial charge is 0.327 e. The van der Waals surface area contributed by atoms with Crippen molar-refractivity contribution < 1.29 is 28.7 Å². The fourth-order valence-electron chi connectivity index (χ4n) is 11.8. The molecule has 0 radical (unpaired) electrons. The van der Waals surface area contributed by atoms with Crippen molar-refractivity contribution in [2.45, 2.75) is 22.4 Å². The van der Waals surface area contributed by atoms with E-state index >= 15 is 24.0 Å². The van der Waals surface area contributed by atoms with Gasteiger partial charge >= 0.3 is 5.97 Å². The van der Waals surface area contributed by atoms with E-state index in [2.05, 4.69) is 18.5 Å². The third kappa shape index (κ3) is 3.55. The number of hydrogen-bond donors (Lipinski definition) is 1. The van der Waals surface area contributed by atoms with Crippen molar-refractivity contribution in [1.29, 1.82) is 0 Å². The van der Waals surface area contributed by atoms with Crippen molar-refractivity contribution in [3.05, 3.63) is 145 Å².